The first-order chi connectivity index (χ1) is 13.5. The lowest BCUT2D eigenvalue weighted by Crippen LogP contribution is -2.48. The largest absolute Gasteiger partial charge is 0.357 e. The molecule has 2 aromatic rings. The van der Waals surface area contributed by atoms with Crippen LogP contribution in [0.2, 0.25) is 10.0 Å². The molecule has 0 aliphatic carbocycles. The normalized spacial score (nSPS) is 11.7. The molecule has 0 aliphatic heterocycles. The van der Waals surface area contributed by atoms with Gasteiger partial charge in [0.15, 0.2) is 0 Å². The first kappa shape index (κ1) is 22.6. The van der Waals surface area contributed by atoms with Crippen molar-refractivity contribution < 1.29 is 9.59 Å². The maximum Gasteiger partial charge on any atom is 0.242 e. The number of likely N-dealkylation sites (N-methyl/N-ethyl adjacent to an activating group) is 1. The molecule has 0 heterocycles. The molecule has 2 amide bonds. The van der Waals surface area contributed by atoms with Gasteiger partial charge in [-0.15, -0.1) is 11.8 Å². The lowest BCUT2D eigenvalue weighted by Gasteiger charge is -2.30. The number of halogens is 2. The van der Waals surface area contributed by atoms with Gasteiger partial charge >= 0.3 is 0 Å². The van der Waals surface area contributed by atoms with Crippen LogP contribution in [-0.2, 0) is 16.1 Å². The molecule has 0 saturated heterocycles. The lowest BCUT2D eigenvalue weighted by atomic mass is 10.1. The van der Waals surface area contributed by atoms with Crippen LogP contribution >= 0.6 is 35.0 Å². The lowest BCUT2D eigenvalue weighted by molar-refractivity contribution is -0.140. The molecule has 1 N–H and O–H groups in total. The molecule has 0 aromatic heterocycles. The second-order valence-electron chi connectivity index (χ2n) is 6.21. The summed E-state index contributed by atoms with van der Waals surface area (Å²) in [6.45, 7) is 2.15. The van der Waals surface area contributed by atoms with E-state index < -0.39 is 6.04 Å². The Labute approximate surface area is 180 Å². The number of thioether (sulfide) groups is 1. The zero-order chi connectivity index (χ0) is 20.5. The van der Waals surface area contributed by atoms with Gasteiger partial charge in [0.25, 0.3) is 0 Å². The summed E-state index contributed by atoms with van der Waals surface area (Å²) in [6, 6.07) is 14.5. The van der Waals surface area contributed by atoms with E-state index >= 15 is 0 Å². The smallest absolute Gasteiger partial charge is 0.242 e. The first-order valence-corrected chi connectivity index (χ1v) is 10.8. The highest BCUT2D eigenvalue weighted by Crippen LogP contribution is 2.25. The van der Waals surface area contributed by atoms with Crippen molar-refractivity contribution in [3.05, 3.63) is 64.1 Å². The molecule has 0 spiro atoms. The number of amides is 2. The Morgan fingerprint density at radius 1 is 1.14 bits per heavy atom. The van der Waals surface area contributed by atoms with Crippen molar-refractivity contribution in [2.24, 2.45) is 0 Å². The summed E-state index contributed by atoms with van der Waals surface area (Å²) in [5, 5.41) is 3.66. The van der Waals surface area contributed by atoms with Crippen molar-refractivity contribution in [1.82, 2.24) is 10.2 Å². The van der Waals surface area contributed by atoms with Crippen molar-refractivity contribution in [2.75, 3.05) is 12.8 Å². The summed E-state index contributed by atoms with van der Waals surface area (Å²) in [4.78, 5) is 28.1. The van der Waals surface area contributed by atoms with Crippen LogP contribution in [-0.4, -0.2) is 35.6 Å². The maximum absolute atomic E-state index is 13.0. The van der Waals surface area contributed by atoms with Crippen molar-refractivity contribution in [2.45, 2.75) is 37.2 Å². The van der Waals surface area contributed by atoms with Crippen LogP contribution in [0.15, 0.2) is 53.4 Å². The van der Waals surface area contributed by atoms with Gasteiger partial charge in [-0.3, -0.25) is 9.59 Å². The highest BCUT2D eigenvalue weighted by Gasteiger charge is 2.28. The molecule has 0 saturated carbocycles. The third-order valence-corrected chi connectivity index (χ3v) is 5.92. The van der Waals surface area contributed by atoms with Crippen molar-refractivity contribution >= 4 is 46.8 Å². The summed E-state index contributed by atoms with van der Waals surface area (Å²) in [6.07, 6.45) is 0.848. The molecule has 0 unspecified atom stereocenters. The Morgan fingerprint density at radius 2 is 1.86 bits per heavy atom. The number of rotatable bonds is 9. The van der Waals surface area contributed by atoms with E-state index in [1.807, 2.05) is 37.3 Å². The number of carbonyl (C=O) groups is 2. The van der Waals surface area contributed by atoms with Gasteiger partial charge in [0, 0.05) is 40.7 Å². The molecule has 0 aliphatic rings. The standard InChI is InChI=1S/C21H24Cl2N2O2S/c1-3-19(21(27)24-2)25(14-15-9-10-16(22)13-18(15)23)20(26)11-12-28-17-7-5-4-6-8-17/h4-10,13,19H,3,11-12,14H2,1-2H3,(H,24,27)/t19-/m0/s1. The fraction of sp³-hybridized carbons (Fsp3) is 0.333. The van der Waals surface area contributed by atoms with Gasteiger partial charge in [-0.25, -0.2) is 0 Å². The topological polar surface area (TPSA) is 49.4 Å². The number of nitrogens with one attached hydrogen (secondary N) is 1. The molecular weight excluding hydrogens is 415 g/mol. The van der Waals surface area contributed by atoms with E-state index in [4.69, 9.17) is 23.2 Å². The summed E-state index contributed by atoms with van der Waals surface area (Å²) < 4.78 is 0. The average molecular weight is 439 g/mol. The highest BCUT2D eigenvalue weighted by atomic mass is 35.5. The Morgan fingerprint density at radius 3 is 2.46 bits per heavy atom. The first-order valence-electron chi connectivity index (χ1n) is 9.09. The van der Waals surface area contributed by atoms with Gasteiger partial charge in [-0.1, -0.05) is 54.4 Å². The average Bonchev–Trinajstić information content (AvgIpc) is 2.69. The summed E-state index contributed by atoms with van der Waals surface area (Å²) in [7, 11) is 1.58. The Kier molecular flexibility index (Phi) is 9.16. The number of nitrogens with zero attached hydrogens (tertiary/aromatic N) is 1. The summed E-state index contributed by atoms with van der Waals surface area (Å²) in [5.41, 5.74) is 0.762. The second kappa shape index (κ2) is 11.3. The van der Waals surface area contributed by atoms with E-state index in [1.54, 1.807) is 41.9 Å². The van der Waals surface area contributed by atoms with Crippen molar-refractivity contribution in [3.8, 4) is 0 Å². The fourth-order valence-corrected chi connectivity index (χ4v) is 4.17. The molecule has 2 aromatic carbocycles. The Bertz CT molecular complexity index is 802. The monoisotopic (exact) mass is 438 g/mol. The van der Waals surface area contributed by atoms with E-state index in [1.165, 1.54) is 0 Å². The summed E-state index contributed by atoms with van der Waals surface area (Å²) >= 11 is 13.9. The third kappa shape index (κ3) is 6.43. The van der Waals surface area contributed by atoms with Gasteiger partial charge in [0.2, 0.25) is 11.8 Å². The van der Waals surface area contributed by atoms with E-state index in [2.05, 4.69) is 5.32 Å². The third-order valence-electron chi connectivity index (χ3n) is 4.32. The fourth-order valence-electron chi connectivity index (χ4n) is 2.84. The van der Waals surface area contributed by atoms with E-state index in [0.29, 0.717) is 28.6 Å². The molecule has 0 bridgehead atoms. The molecule has 150 valence electrons. The second-order valence-corrected chi connectivity index (χ2v) is 8.22. The zero-order valence-corrected chi connectivity index (χ0v) is 18.3. The quantitative estimate of drug-likeness (QED) is 0.558. The van der Waals surface area contributed by atoms with Crippen LogP contribution < -0.4 is 5.32 Å². The Balaban J connectivity index is 2.14. The summed E-state index contributed by atoms with van der Waals surface area (Å²) in [5.74, 6) is 0.374. The van der Waals surface area contributed by atoms with Gasteiger partial charge in [-0.2, -0.15) is 0 Å². The van der Waals surface area contributed by atoms with E-state index in [9.17, 15) is 9.59 Å². The van der Waals surface area contributed by atoms with Gasteiger partial charge in [0.05, 0.1) is 0 Å². The molecule has 1 atom stereocenters. The predicted molar refractivity (Wildman–Crippen MR) is 117 cm³/mol. The zero-order valence-electron chi connectivity index (χ0n) is 16.0. The van der Waals surface area contributed by atoms with Crippen LogP contribution in [0.4, 0.5) is 0 Å². The maximum atomic E-state index is 13.0. The molecule has 28 heavy (non-hydrogen) atoms. The van der Waals surface area contributed by atoms with E-state index in [-0.39, 0.29) is 18.4 Å². The van der Waals surface area contributed by atoms with Crippen LogP contribution in [0.25, 0.3) is 0 Å². The van der Waals surface area contributed by atoms with Gasteiger partial charge in [-0.05, 0) is 36.2 Å². The molecular formula is C21H24Cl2N2O2S. The number of hydrogen-bond acceptors (Lipinski definition) is 3. The van der Waals surface area contributed by atoms with E-state index in [0.717, 1.165) is 10.5 Å². The minimum Gasteiger partial charge on any atom is -0.357 e. The SMILES string of the molecule is CC[C@@H](C(=O)NC)N(Cc1ccc(Cl)cc1Cl)C(=O)CCSc1ccccc1. The number of benzene rings is 2. The van der Waals surface area contributed by atoms with Crippen molar-refractivity contribution in [3.63, 3.8) is 0 Å². The molecule has 0 fully saturated rings. The molecule has 0 radical (unpaired) electrons. The number of hydrogen-bond donors (Lipinski definition) is 1. The molecule has 2 rings (SSSR count). The predicted octanol–water partition coefficient (Wildman–Crippen LogP) is 5.03. The van der Waals surface area contributed by atoms with Gasteiger partial charge in [0.1, 0.15) is 6.04 Å². The minimum absolute atomic E-state index is 0.0788. The van der Waals surface area contributed by atoms with Gasteiger partial charge < -0.3 is 10.2 Å². The van der Waals surface area contributed by atoms with Crippen LogP contribution in [0.1, 0.15) is 25.3 Å². The number of carbonyl (C=O) groups excluding carboxylic acids is 2. The van der Waals surface area contributed by atoms with Crippen LogP contribution in [0, 0.1) is 0 Å². The van der Waals surface area contributed by atoms with Crippen LogP contribution in [0.3, 0.4) is 0 Å². The Hall–Kier alpha value is -1.69. The minimum atomic E-state index is -0.550. The molecule has 4 nitrogen and oxygen atoms in total. The highest BCUT2D eigenvalue weighted by molar-refractivity contribution is 7.99. The van der Waals surface area contributed by atoms with Crippen LogP contribution in [0.5, 0.6) is 0 Å². The molecule has 7 heteroatoms. The van der Waals surface area contributed by atoms with Crippen molar-refractivity contribution in [1.29, 1.82) is 0 Å².